The maximum Gasteiger partial charge on any atom is 0.0929 e. The average Bonchev–Trinajstić information content (AvgIpc) is 2.32. The van der Waals surface area contributed by atoms with Crippen molar-refractivity contribution in [2.24, 2.45) is 0 Å². The minimum atomic E-state index is 0.827. The monoisotopic (exact) mass is 292 g/mol. The van der Waals surface area contributed by atoms with Crippen molar-refractivity contribution in [2.75, 3.05) is 6.61 Å². The molecule has 0 saturated heterocycles. The van der Waals surface area contributed by atoms with Gasteiger partial charge in [0, 0.05) is 0 Å². The van der Waals surface area contributed by atoms with Crippen molar-refractivity contribution in [1.29, 1.82) is 0 Å². The molecule has 0 heterocycles. The van der Waals surface area contributed by atoms with E-state index in [4.69, 9.17) is 4.74 Å². The maximum absolute atomic E-state index is 5.43. The Morgan fingerprint density at radius 2 is 1.56 bits per heavy atom. The molecule has 0 spiro atoms. The van der Waals surface area contributed by atoms with Gasteiger partial charge < -0.3 is 4.74 Å². The molecule has 0 atom stereocenters. The third-order valence-electron chi connectivity index (χ3n) is 1.38. The summed E-state index contributed by atoms with van der Waals surface area (Å²) in [6.07, 6.45) is 6.27. The fraction of sp³-hybridized carbons (Fsp3) is 0.714. The number of hydrogen-bond donors (Lipinski definition) is 0. The van der Waals surface area contributed by atoms with Crippen LogP contribution >= 0.6 is 15.9 Å². The normalized spacial score (nSPS) is 10.8. The Bertz CT molecular complexity index is 168. The molecule has 0 rings (SSSR count). The summed E-state index contributed by atoms with van der Waals surface area (Å²) in [5.74, 6) is 0.974. The van der Waals surface area contributed by atoms with Gasteiger partial charge in [-0.25, -0.2) is 0 Å². The summed E-state index contributed by atoms with van der Waals surface area (Å²) in [5.41, 5.74) is 0. The molecule has 0 N–H and O–H groups in total. The van der Waals surface area contributed by atoms with E-state index in [0.717, 1.165) is 23.3 Å². The zero-order valence-electron chi connectivity index (χ0n) is 12.1. The third-order valence-corrected chi connectivity index (χ3v) is 1.64. The average molecular weight is 293 g/mol. The van der Waals surface area contributed by atoms with Crippen molar-refractivity contribution in [3.05, 3.63) is 22.4 Å². The van der Waals surface area contributed by atoms with Crippen LogP contribution in [0.25, 0.3) is 0 Å². The van der Waals surface area contributed by atoms with Crippen LogP contribution in [0.15, 0.2) is 22.4 Å². The van der Waals surface area contributed by atoms with Crippen LogP contribution in [0.2, 0.25) is 0 Å². The molecule has 0 saturated carbocycles. The molecular weight excluding hydrogens is 264 g/mol. The van der Waals surface area contributed by atoms with Crippen molar-refractivity contribution in [2.45, 2.75) is 61.3 Å². The highest BCUT2D eigenvalue weighted by Gasteiger charge is 1.87. The van der Waals surface area contributed by atoms with E-state index in [0.29, 0.717) is 0 Å². The lowest BCUT2D eigenvalue weighted by molar-refractivity contribution is 0.209. The zero-order valence-corrected chi connectivity index (χ0v) is 13.6. The molecule has 0 aromatic heterocycles. The standard InChI is InChI=1S/C10H17BrO.2C2H6/c1-4-5-8-12-10(3)7-6-9(2)11;2*1-2/h6-7H,4-5,8H2,1-3H3;2*1-2H3/b9-6+,10-7+;;. The van der Waals surface area contributed by atoms with E-state index in [1.165, 1.54) is 6.42 Å². The van der Waals surface area contributed by atoms with Gasteiger partial charge in [0.15, 0.2) is 0 Å². The first kappa shape index (κ1) is 21.1. The van der Waals surface area contributed by atoms with Gasteiger partial charge in [0.1, 0.15) is 0 Å². The SMILES string of the molecule is CC.CC.CCCCO/C(C)=C/C=C(\C)Br. The summed E-state index contributed by atoms with van der Waals surface area (Å²) < 4.78 is 6.54. The van der Waals surface area contributed by atoms with Gasteiger partial charge in [-0.3, -0.25) is 0 Å². The quantitative estimate of drug-likeness (QED) is 0.340. The first-order chi connectivity index (χ1) is 7.66. The zero-order chi connectivity index (χ0) is 13.4. The lowest BCUT2D eigenvalue weighted by Gasteiger charge is -2.03. The Hall–Kier alpha value is -0.240. The summed E-state index contributed by atoms with van der Waals surface area (Å²) in [6.45, 7) is 15.0. The summed E-state index contributed by atoms with van der Waals surface area (Å²) in [5, 5.41) is 0. The van der Waals surface area contributed by atoms with Crippen molar-refractivity contribution >= 4 is 15.9 Å². The second kappa shape index (κ2) is 20.2. The van der Waals surface area contributed by atoms with E-state index in [1.54, 1.807) is 0 Å². The summed E-state index contributed by atoms with van der Waals surface area (Å²) in [6, 6.07) is 0. The topological polar surface area (TPSA) is 9.23 Å². The van der Waals surface area contributed by atoms with E-state index in [1.807, 2.05) is 53.7 Å². The molecule has 0 bridgehead atoms. The highest BCUT2D eigenvalue weighted by atomic mass is 79.9. The number of halogens is 1. The Morgan fingerprint density at radius 3 is 1.94 bits per heavy atom. The molecule has 0 aromatic carbocycles. The highest BCUT2D eigenvalue weighted by molar-refractivity contribution is 9.11. The second-order valence-electron chi connectivity index (χ2n) is 2.73. The second-order valence-corrected chi connectivity index (χ2v) is 3.98. The van der Waals surface area contributed by atoms with Gasteiger partial charge in [0.25, 0.3) is 0 Å². The van der Waals surface area contributed by atoms with Crippen LogP contribution in [0.5, 0.6) is 0 Å². The molecule has 0 aliphatic heterocycles. The van der Waals surface area contributed by atoms with Crippen molar-refractivity contribution in [3.8, 4) is 0 Å². The molecular formula is C14H29BrO. The Labute approximate surface area is 111 Å². The van der Waals surface area contributed by atoms with Crippen LogP contribution in [0.4, 0.5) is 0 Å². The first-order valence-electron chi connectivity index (χ1n) is 6.30. The fourth-order valence-electron chi connectivity index (χ4n) is 0.658. The lowest BCUT2D eigenvalue weighted by Crippen LogP contribution is -1.90. The van der Waals surface area contributed by atoms with Gasteiger partial charge in [-0.2, -0.15) is 0 Å². The maximum atomic E-state index is 5.43. The Kier molecular flexibility index (Phi) is 26.6. The molecule has 0 amide bonds. The van der Waals surface area contributed by atoms with Crippen LogP contribution in [0, 0.1) is 0 Å². The van der Waals surface area contributed by atoms with Gasteiger partial charge >= 0.3 is 0 Å². The predicted molar refractivity (Wildman–Crippen MR) is 80.0 cm³/mol. The molecule has 1 nitrogen and oxygen atoms in total. The van der Waals surface area contributed by atoms with E-state index in [9.17, 15) is 0 Å². The molecule has 0 aromatic rings. The predicted octanol–water partition coefficient (Wildman–Crippen LogP) is 6.06. The Morgan fingerprint density at radius 1 is 1.06 bits per heavy atom. The van der Waals surface area contributed by atoms with E-state index in [2.05, 4.69) is 22.9 Å². The molecule has 2 heteroatoms. The first-order valence-corrected chi connectivity index (χ1v) is 7.09. The molecule has 0 aliphatic rings. The summed E-state index contributed by atoms with van der Waals surface area (Å²) in [7, 11) is 0. The largest absolute Gasteiger partial charge is 0.498 e. The van der Waals surface area contributed by atoms with Crippen molar-refractivity contribution in [3.63, 3.8) is 0 Å². The molecule has 98 valence electrons. The van der Waals surface area contributed by atoms with Crippen LogP contribution in [-0.2, 0) is 4.74 Å². The molecule has 0 unspecified atom stereocenters. The highest BCUT2D eigenvalue weighted by Crippen LogP contribution is 2.05. The van der Waals surface area contributed by atoms with Gasteiger partial charge in [0.2, 0.25) is 0 Å². The number of allylic oxidation sites excluding steroid dienone is 4. The van der Waals surface area contributed by atoms with Crippen LogP contribution < -0.4 is 0 Å². The van der Waals surface area contributed by atoms with E-state index >= 15 is 0 Å². The van der Waals surface area contributed by atoms with Gasteiger partial charge in [-0.15, -0.1) is 0 Å². The number of rotatable bonds is 5. The van der Waals surface area contributed by atoms with Crippen LogP contribution in [-0.4, -0.2) is 6.61 Å². The van der Waals surface area contributed by atoms with Crippen LogP contribution in [0.1, 0.15) is 61.3 Å². The van der Waals surface area contributed by atoms with Crippen LogP contribution in [0.3, 0.4) is 0 Å². The van der Waals surface area contributed by atoms with Gasteiger partial charge in [-0.1, -0.05) is 57.0 Å². The number of unbranched alkanes of at least 4 members (excludes halogenated alkanes) is 1. The minimum absolute atomic E-state index is 0.827. The molecule has 0 aliphatic carbocycles. The lowest BCUT2D eigenvalue weighted by atomic mass is 10.3. The molecule has 16 heavy (non-hydrogen) atoms. The van der Waals surface area contributed by atoms with Gasteiger partial charge in [-0.05, 0) is 36.9 Å². The van der Waals surface area contributed by atoms with E-state index < -0.39 is 0 Å². The number of hydrogen-bond acceptors (Lipinski definition) is 1. The number of ether oxygens (including phenoxy) is 1. The molecule has 0 fully saturated rings. The summed E-state index contributed by atoms with van der Waals surface area (Å²) in [4.78, 5) is 0. The summed E-state index contributed by atoms with van der Waals surface area (Å²) >= 11 is 3.35. The third kappa shape index (κ3) is 23.5. The molecule has 0 radical (unpaired) electrons. The minimum Gasteiger partial charge on any atom is -0.498 e. The van der Waals surface area contributed by atoms with E-state index in [-0.39, 0.29) is 0 Å². The Balaban J connectivity index is -0.000000376. The van der Waals surface area contributed by atoms with Gasteiger partial charge in [0.05, 0.1) is 12.4 Å². The van der Waals surface area contributed by atoms with Crippen molar-refractivity contribution in [1.82, 2.24) is 0 Å². The smallest absolute Gasteiger partial charge is 0.0929 e. The fourth-order valence-corrected chi connectivity index (χ4v) is 0.790. The van der Waals surface area contributed by atoms with Crippen molar-refractivity contribution < 1.29 is 4.74 Å².